The van der Waals surface area contributed by atoms with E-state index in [1.807, 2.05) is 0 Å². The number of carbonyl (C=O) groups is 1. The van der Waals surface area contributed by atoms with Crippen LogP contribution in [0.1, 0.15) is 36.5 Å². The molecule has 162 valence electrons. The standard InChI is InChI=1S/C19H28Cl2N4O3S/c1-2-24-8-10-25(11-9-24)7-3-6-22-19(26)15-12-18(17(21)13-16(15)20)29(27,28)23-14-4-5-14/h12-14,23H,2-11H2,1H3,(H,22,26). The van der Waals surface area contributed by atoms with Crippen molar-refractivity contribution in [1.29, 1.82) is 0 Å². The molecule has 0 aromatic heterocycles. The van der Waals surface area contributed by atoms with Gasteiger partial charge in [-0.25, -0.2) is 13.1 Å². The molecule has 3 rings (SSSR count). The fraction of sp³-hybridized carbons (Fsp3) is 0.632. The van der Waals surface area contributed by atoms with Crippen LogP contribution < -0.4 is 10.0 Å². The molecule has 1 heterocycles. The molecule has 0 unspecified atom stereocenters. The molecule has 2 N–H and O–H groups in total. The average molecular weight is 463 g/mol. The van der Waals surface area contributed by atoms with Gasteiger partial charge in [0.2, 0.25) is 10.0 Å². The molecule has 2 fully saturated rings. The molecular weight excluding hydrogens is 435 g/mol. The Morgan fingerprint density at radius 3 is 2.38 bits per heavy atom. The third kappa shape index (κ3) is 6.29. The minimum atomic E-state index is -3.78. The Morgan fingerprint density at radius 1 is 1.10 bits per heavy atom. The summed E-state index contributed by atoms with van der Waals surface area (Å²) < 4.78 is 27.6. The first kappa shape index (κ1) is 22.8. The van der Waals surface area contributed by atoms with Crippen molar-refractivity contribution in [3.63, 3.8) is 0 Å². The molecular formula is C19H28Cl2N4O3S. The van der Waals surface area contributed by atoms with E-state index in [2.05, 4.69) is 26.8 Å². The first-order valence-corrected chi connectivity index (χ1v) is 12.3. The van der Waals surface area contributed by atoms with Gasteiger partial charge in [-0.05, 0) is 44.5 Å². The summed E-state index contributed by atoms with van der Waals surface area (Å²) in [5.41, 5.74) is 0.115. The molecule has 29 heavy (non-hydrogen) atoms. The van der Waals surface area contributed by atoms with Gasteiger partial charge >= 0.3 is 0 Å². The zero-order valence-corrected chi connectivity index (χ0v) is 18.9. The van der Waals surface area contributed by atoms with Crippen LogP contribution in [-0.4, -0.2) is 76.0 Å². The Hall–Kier alpha value is -0.900. The van der Waals surface area contributed by atoms with Gasteiger partial charge in [-0.2, -0.15) is 0 Å². The van der Waals surface area contributed by atoms with Crippen molar-refractivity contribution < 1.29 is 13.2 Å². The van der Waals surface area contributed by atoms with Gasteiger partial charge in [0.1, 0.15) is 4.90 Å². The minimum Gasteiger partial charge on any atom is -0.352 e. The number of rotatable bonds is 9. The van der Waals surface area contributed by atoms with Gasteiger partial charge in [0.25, 0.3) is 5.91 Å². The van der Waals surface area contributed by atoms with E-state index in [0.717, 1.165) is 58.5 Å². The van der Waals surface area contributed by atoms with Gasteiger partial charge in [0, 0.05) is 38.8 Å². The number of halogens is 2. The highest BCUT2D eigenvalue weighted by Crippen LogP contribution is 2.30. The fourth-order valence-corrected chi connectivity index (χ4v) is 5.49. The van der Waals surface area contributed by atoms with Crippen LogP contribution in [0.25, 0.3) is 0 Å². The molecule has 1 aliphatic heterocycles. The zero-order valence-electron chi connectivity index (χ0n) is 16.6. The molecule has 1 aromatic carbocycles. The normalized spacial score (nSPS) is 18.7. The first-order chi connectivity index (χ1) is 13.8. The van der Waals surface area contributed by atoms with Gasteiger partial charge < -0.3 is 15.1 Å². The monoisotopic (exact) mass is 462 g/mol. The maximum atomic E-state index is 12.5. The lowest BCUT2D eigenvalue weighted by Gasteiger charge is -2.33. The first-order valence-electron chi connectivity index (χ1n) is 10.0. The van der Waals surface area contributed by atoms with Crippen LogP contribution in [-0.2, 0) is 10.0 Å². The summed E-state index contributed by atoms with van der Waals surface area (Å²) in [6.45, 7) is 8.90. The Kier molecular flexibility index (Phi) is 7.81. The lowest BCUT2D eigenvalue weighted by molar-refractivity contribution is 0.0948. The predicted molar refractivity (Wildman–Crippen MR) is 115 cm³/mol. The molecule has 0 bridgehead atoms. The number of benzene rings is 1. The lowest BCUT2D eigenvalue weighted by Crippen LogP contribution is -2.46. The van der Waals surface area contributed by atoms with Gasteiger partial charge in [0.15, 0.2) is 0 Å². The topological polar surface area (TPSA) is 81.8 Å². The van der Waals surface area contributed by atoms with E-state index in [1.165, 1.54) is 12.1 Å². The third-order valence-corrected chi connectivity index (χ3v) is 7.60. The Morgan fingerprint density at radius 2 is 1.76 bits per heavy atom. The predicted octanol–water partition coefficient (Wildman–Crippen LogP) is 2.19. The second-order valence-electron chi connectivity index (χ2n) is 7.54. The SMILES string of the molecule is CCN1CCN(CCCNC(=O)c2cc(S(=O)(=O)NC3CC3)c(Cl)cc2Cl)CC1. The number of amides is 1. The van der Waals surface area contributed by atoms with E-state index in [1.54, 1.807) is 0 Å². The van der Waals surface area contributed by atoms with Gasteiger partial charge in [-0.15, -0.1) is 0 Å². The van der Waals surface area contributed by atoms with E-state index < -0.39 is 15.9 Å². The molecule has 0 atom stereocenters. The summed E-state index contributed by atoms with van der Waals surface area (Å²) in [5.74, 6) is -0.398. The summed E-state index contributed by atoms with van der Waals surface area (Å²) in [6, 6.07) is 2.52. The molecule has 2 aliphatic rings. The van der Waals surface area contributed by atoms with Crippen molar-refractivity contribution >= 4 is 39.1 Å². The van der Waals surface area contributed by atoms with Crippen LogP contribution in [0.4, 0.5) is 0 Å². The Bertz CT molecular complexity index is 838. The van der Waals surface area contributed by atoms with Gasteiger partial charge in [0.05, 0.1) is 15.6 Å². The van der Waals surface area contributed by atoms with Crippen LogP contribution in [0, 0.1) is 0 Å². The maximum Gasteiger partial charge on any atom is 0.252 e. The zero-order chi connectivity index (χ0) is 21.0. The van der Waals surface area contributed by atoms with E-state index in [4.69, 9.17) is 23.2 Å². The van der Waals surface area contributed by atoms with Crippen molar-refractivity contribution in [2.45, 2.75) is 37.1 Å². The molecule has 7 nitrogen and oxygen atoms in total. The summed E-state index contributed by atoms with van der Waals surface area (Å²) in [6.07, 6.45) is 2.44. The highest BCUT2D eigenvalue weighted by Gasteiger charge is 2.30. The molecule has 1 saturated carbocycles. The highest BCUT2D eigenvalue weighted by molar-refractivity contribution is 7.89. The molecule has 1 amide bonds. The number of piperazine rings is 1. The molecule has 0 spiro atoms. The third-order valence-electron chi connectivity index (χ3n) is 5.30. The van der Waals surface area contributed by atoms with Crippen LogP contribution in [0.2, 0.25) is 10.0 Å². The highest BCUT2D eigenvalue weighted by atomic mass is 35.5. The number of nitrogens with zero attached hydrogens (tertiary/aromatic N) is 2. The van der Waals surface area contributed by atoms with E-state index in [9.17, 15) is 13.2 Å². The van der Waals surface area contributed by atoms with Gasteiger partial charge in [-0.3, -0.25) is 4.79 Å². The van der Waals surface area contributed by atoms with Crippen molar-refractivity contribution in [3.8, 4) is 0 Å². The van der Waals surface area contributed by atoms with Crippen molar-refractivity contribution in [3.05, 3.63) is 27.7 Å². The van der Waals surface area contributed by atoms with Gasteiger partial charge in [-0.1, -0.05) is 30.1 Å². The minimum absolute atomic E-state index is 0.00548. The number of carbonyl (C=O) groups excluding carboxylic acids is 1. The van der Waals surface area contributed by atoms with Crippen LogP contribution in [0.3, 0.4) is 0 Å². The summed E-state index contributed by atoms with van der Waals surface area (Å²) in [4.78, 5) is 17.2. The number of likely N-dealkylation sites (N-methyl/N-ethyl adjacent to an activating group) is 1. The lowest BCUT2D eigenvalue weighted by atomic mass is 10.2. The molecule has 1 aromatic rings. The van der Waals surface area contributed by atoms with Crippen molar-refractivity contribution in [2.24, 2.45) is 0 Å². The van der Waals surface area contributed by atoms with Crippen LogP contribution in [0.15, 0.2) is 17.0 Å². The molecule has 1 aliphatic carbocycles. The van der Waals surface area contributed by atoms with Crippen LogP contribution in [0.5, 0.6) is 0 Å². The maximum absolute atomic E-state index is 12.5. The second kappa shape index (κ2) is 9.94. The molecule has 0 radical (unpaired) electrons. The molecule has 10 heteroatoms. The van der Waals surface area contributed by atoms with Crippen molar-refractivity contribution in [2.75, 3.05) is 45.8 Å². The van der Waals surface area contributed by atoms with E-state index in [-0.39, 0.29) is 26.5 Å². The summed E-state index contributed by atoms with van der Waals surface area (Å²) >= 11 is 12.2. The second-order valence-corrected chi connectivity index (χ2v) is 10.0. The Balaban J connectivity index is 1.54. The largest absolute Gasteiger partial charge is 0.352 e. The Labute approximate surface area is 182 Å². The van der Waals surface area contributed by atoms with Crippen molar-refractivity contribution in [1.82, 2.24) is 19.8 Å². The van der Waals surface area contributed by atoms with Crippen LogP contribution >= 0.6 is 23.2 Å². The van der Waals surface area contributed by atoms with E-state index >= 15 is 0 Å². The quantitative estimate of drug-likeness (QED) is 0.549. The number of nitrogens with one attached hydrogen (secondary N) is 2. The summed E-state index contributed by atoms with van der Waals surface area (Å²) in [7, 11) is -3.78. The smallest absolute Gasteiger partial charge is 0.252 e. The average Bonchev–Trinajstić information content (AvgIpc) is 3.48. The number of sulfonamides is 1. The summed E-state index contributed by atoms with van der Waals surface area (Å²) in [5, 5.41) is 2.97. The fourth-order valence-electron chi connectivity index (χ4n) is 3.32. The number of hydrogen-bond donors (Lipinski definition) is 2. The number of hydrogen-bond acceptors (Lipinski definition) is 5. The molecule has 1 saturated heterocycles. The van der Waals surface area contributed by atoms with E-state index in [0.29, 0.717) is 6.54 Å².